The fourth-order valence-electron chi connectivity index (χ4n) is 2.43. The summed E-state index contributed by atoms with van der Waals surface area (Å²) in [6.07, 6.45) is 4.62. The van der Waals surface area contributed by atoms with Crippen molar-refractivity contribution in [2.24, 2.45) is 11.8 Å². The van der Waals surface area contributed by atoms with Crippen LogP contribution < -0.4 is 0 Å². The van der Waals surface area contributed by atoms with Crippen molar-refractivity contribution in [3.8, 4) is 0 Å². The summed E-state index contributed by atoms with van der Waals surface area (Å²) in [6.45, 7) is 3.98. The highest BCUT2D eigenvalue weighted by Gasteiger charge is 2.38. The summed E-state index contributed by atoms with van der Waals surface area (Å²) in [4.78, 5) is 0. The normalized spacial score (nSPS) is 46.1. The Kier molecular flexibility index (Phi) is 1.34. The van der Waals surface area contributed by atoms with Crippen LogP contribution in [0.1, 0.15) is 25.7 Å². The van der Waals surface area contributed by atoms with E-state index in [0.717, 1.165) is 12.8 Å². The Morgan fingerprint density at radius 3 is 2.20 bits per heavy atom. The zero-order valence-electron chi connectivity index (χ0n) is 6.21. The minimum absolute atomic E-state index is 0.00509. The van der Waals surface area contributed by atoms with E-state index >= 15 is 0 Å². The second kappa shape index (κ2) is 2.09. The number of allylic oxidation sites excluding steroid dienone is 1. The highest BCUT2D eigenvalue weighted by atomic mass is 16.3. The minimum Gasteiger partial charge on any atom is -0.393 e. The van der Waals surface area contributed by atoms with E-state index in [9.17, 15) is 5.11 Å². The van der Waals surface area contributed by atoms with Crippen LogP contribution in [0.5, 0.6) is 0 Å². The third-order valence-electron chi connectivity index (χ3n) is 2.98. The van der Waals surface area contributed by atoms with Crippen molar-refractivity contribution >= 4 is 0 Å². The summed E-state index contributed by atoms with van der Waals surface area (Å²) < 4.78 is 0. The summed E-state index contributed by atoms with van der Waals surface area (Å²) in [5, 5.41) is 9.59. The van der Waals surface area contributed by atoms with Gasteiger partial charge in [-0.05, 0) is 37.5 Å². The van der Waals surface area contributed by atoms with Gasteiger partial charge in [0.25, 0.3) is 0 Å². The van der Waals surface area contributed by atoms with E-state index in [1.165, 1.54) is 18.4 Å². The summed E-state index contributed by atoms with van der Waals surface area (Å²) >= 11 is 0. The first-order valence-corrected chi connectivity index (χ1v) is 4.12. The van der Waals surface area contributed by atoms with Crippen LogP contribution in [0.25, 0.3) is 0 Å². The van der Waals surface area contributed by atoms with E-state index in [0.29, 0.717) is 11.8 Å². The molecule has 3 atom stereocenters. The van der Waals surface area contributed by atoms with Crippen LogP contribution in [0.4, 0.5) is 0 Å². The van der Waals surface area contributed by atoms with Gasteiger partial charge in [-0.1, -0.05) is 12.2 Å². The average Bonchev–Trinajstić information content (AvgIpc) is 2.20. The molecule has 1 N–H and O–H groups in total. The van der Waals surface area contributed by atoms with Crippen molar-refractivity contribution in [3.63, 3.8) is 0 Å². The molecule has 2 fully saturated rings. The Bertz CT molecular complexity index is 146. The number of rotatable bonds is 0. The van der Waals surface area contributed by atoms with Gasteiger partial charge < -0.3 is 5.11 Å². The monoisotopic (exact) mass is 138 g/mol. The van der Waals surface area contributed by atoms with Gasteiger partial charge in [-0.2, -0.15) is 0 Å². The van der Waals surface area contributed by atoms with Crippen molar-refractivity contribution in [3.05, 3.63) is 12.2 Å². The highest BCUT2D eigenvalue weighted by Crippen LogP contribution is 2.43. The second-order valence-electron chi connectivity index (χ2n) is 3.75. The fourth-order valence-corrected chi connectivity index (χ4v) is 2.43. The topological polar surface area (TPSA) is 20.2 Å². The Hall–Kier alpha value is -0.300. The van der Waals surface area contributed by atoms with Gasteiger partial charge in [0.2, 0.25) is 0 Å². The third kappa shape index (κ3) is 0.807. The Labute approximate surface area is 61.8 Å². The summed E-state index contributed by atoms with van der Waals surface area (Å²) in [5.41, 5.74) is 1.36. The maximum Gasteiger partial charge on any atom is 0.0602 e. The zero-order valence-corrected chi connectivity index (χ0v) is 6.21. The fraction of sp³-hybridized carbons (Fsp3) is 0.778. The number of aliphatic hydroxyl groups excluding tert-OH is 1. The van der Waals surface area contributed by atoms with E-state index in [2.05, 4.69) is 6.58 Å². The number of hydrogen-bond acceptors (Lipinski definition) is 1. The van der Waals surface area contributed by atoms with Crippen LogP contribution in [0.15, 0.2) is 12.2 Å². The van der Waals surface area contributed by atoms with Gasteiger partial charge in [-0.15, -0.1) is 0 Å². The molecule has 0 amide bonds. The van der Waals surface area contributed by atoms with E-state index in [1.807, 2.05) is 0 Å². The number of fused-ring (bicyclic) bond motifs is 2. The lowest BCUT2D eigenvalue weighted by molar-refractivity contribution is 0.0764. The molecule has 0 aromatic rings. The molecule has 0 radical (unpaired) electrons. The van der Waals surface area contributed by atoms with Crippen LogP contribution >= 0.6 is 0 Å². The van der Waals surface area contributed by atoms with Gasteiger partial charge in [0, 0.05) is 0 Å². The quantitative estimate of drug-likeness (QED) is 0.505. The van der Waals surface area contributed by atoms with Gasteiger partial charge in [0.15, 0.2) is 0 Å². The lowest BCUT2D eigenvalue weighted by atomic mass is 9.84. The molecule has 0 spiro atoms. The van der Waals surface area contributed by atoms with Gasteiger partial charge in [-0.3, -0.25) is 0 Å². The van der Waals surface area contributed by atoms with Crippen molar-refractivity contribution in [2.45, 2.75) is 31.8 Å². The SMILES string of the molecule is C=C1C[C@H]2CC[C@@H](C1)C2O. The molecule has 2 aliphatic carbocycles. The van der Waals surface area contributed by atoms with E-state index in [1.54, 1.807) is 0 Å². The number of hydrogen-bond donors (Lipinski definition) is 1. The maximum absolute atomic E-state index is 9.59. The van der Waals surface area contributed by atoms with Crippen LogP contribution in [-0.4, -0.2) is 11.2 Å². The van der Waals surface area contributed by atoms with Gasteiger partial charge in [0.05, 0.1) is 6.10 Å². The molecule has 10 heavy (non-hydrogen) atoms. The van der Waals surface area contributed by atoms with Gasteiger partial charge in [-0.25, -0.2) is 0 Å². The van der Waals surface area contributed by atoms with Gasteiger partial charge >= 0.3 is 0 Å². The first kappa shape index (κ1) is 6.41. The number of aliphatic hydroxyl groups is 1. The van der Waals surface area contributed by atoms with Crippen molar-refractivity contribution in [1.29, 1.82) is 0 Å². The van der Waals surface area contributed by atoms with E-state index in [-0.39, 0.29) is 6.10 Å². The first-order chi connectivity index (χ1) is 4.77. The molecule has 2 saturated carbocycles. The summed E-state index contributed by atoms with van der Waals surface area (Å²) in [6, 6.07) is 0. The van der Waals surface area contributed by atoms with E-state index in [4.69, 9.17) is 0 Å². The first-order valence-electron chi connectivity index (χ1n) is 4.12. The Morgan fingerprint density at radius 1 is 1.20 bits per heavy atom. The second-order valence-corrected chi connectivity index (χ2v) is 3.75. The Morgan fingerprint density at radius 2 is 1.70 bits per heavy atom. The van der Waals surface area contributed by atoms with Crippen molar-refractivity contribution < 1.29 is 5.11 Å². The molecule has 0 saturated heterocycles. The molecule has 0 heterocycles. The summed E-state index contributed by atoms with van der Waals surface area (Å²) in [5.74, 6) is 1.12. The molecule has 1 heteroatoms. The predicted octanol–water partition coefficient (Wildman–Crippen LogP) is 1.72. The largest absolute Gasteiger partial charge is 0.393 e. The lowest BCUT2D eigenvalue weighted by Gasteiger charge is -2.26. The van der Waals surface area contributed by atoms with E-state index < -0.39 is 0 Å². The van der Waals surface area contributed by atoms with Crippen molar-refractivity contribution in [1.82, 2.24) is 0 Å². The average molecular weight is 138 g/mol. The maximum atomic E-state index is 9.59. The minimum atomic E-state index is 0.00509. The molecular weight excluding hydrogens is 124 g/mol. The molecule has 56 valence electrons. The molecule has 0 aromatic heterocycles. The van der Waals surface area contributed by atoms with Crippen LogP contribution in [0, 0.1) is 11.8 Å². The molecule has 2 aliphatic rings. The lowest BCUT2D eigenvalue weighted by Crippen LogP contribution is -2.26. The van der Waals surface area contributed by atoms with Crippen molar-refractivity contribution in [2.75, 3.05) is 0 Å². The van der Waals surface area contributed by atoms with Gasteiger partial charge in [0.1, 0.15) is 0 Å². The predicted molar refractivity (Wildman–Crippen MR) is 40.6 cm³/mol. The molecule has 1 nitrogen and oxygen atoms in total. The highest BCUT2D eigenvalue weighted by molar-refractivity contribution is 5.08. The third-order valence-corrected chi connectivity index (χ3v) is 2.98. The smallest absolute Gasteiger partial charge is 0.0602 e. The van der Waals surface area contributed by atoms with Crippen LogP contribution in [-0.2, 0) is 0 Å². The molecule has 2 rings (SSSR count). The molecule has 0 aromatic carbocycles. The zero-order chi connectivity index (χ0) is 7.14. The standard InChI is InChI=1S/C9H14O/c1-6-4-7-2-3-8(5-6)9(7)10/h7-10H,1-5H2/t7-,8+,9?. The van der Waals surface area contributed by atoms with Crippen LogP contribution in [0.2, 0.25) is 0 Å². The molecular formula is C9H14O. The molecule has 0 aliphatic heterocycles. The van der Waals surface area contributed by atoms with Crippen LogP contribution in [0.3, 0.4) is 0 Å². The summed E-state index contributed by atoms with van der Waals surface area (Å²) in [7, 11) is 0. The Balaban J connectivity index is 2.16. The molecule has 1 unspecified atom stereocenters. The molecule has 2 bridgehead atoms.